The molecule has 8 nitrogen and oxygen atoms in total. The van der Waals surface area contributed by atoms with Gasteiger partial charge in [-0.2, -0.15) is 0 Å². The Balaban J connectivity index is 1.17. The fraction of sp³-hybridized carbons (Fsp3) is 0.304. The van der Waals surface area contributed by atoms with Crippen molar-refractivity contribution in [1.29, 1.82) is 0 Å². The Bertz CT molecular complexity index is 1350. The van der Waals surface area contributed by atoms with E-state index in [0.29, 0.717) is 48.5 Å². The Kier molecular flexibility index (Phi) is 5.77. The standard InChI is InChI=1S/C23H22FN5O3S/c1-13-26-17-4-2-14(10-20(17)33-13)23(31)29-8-9-32-19(12-29)22(30)25-7-6-21-27-16-5-3-15(24)11-18(16)28-21/h2-5,10-11,19H,6-9,12H2,1H3,(H,25,30)(H,27,28). The van der Waals surface area contributed by atoms with Crippen molar-refractivity contribution in [2.24, 2.45) is 0 Å². The number of rotatable bonds is 5. The third-order valence-electron chi connectivity index (χ3n) is 5.54. The summed E-state index contributed by atoms with van der Waals surface area (Å²) < 4.78 is 19.9. The number of morpholine rings is 1. The number of H-pyrrole nitrogens is 1. The molecule has 1 unspecified atom stereocenters. The molecule has 2 N–H and O–H groups in total. The number of aryl methyl sites for hydroxylation is 1. The lowest BCUT2D eigenvalue weighted by Crippen LogP contribution is -2.51. The van der Waals surface area contributed by atoms with Gasteiger partial charge in [-0.1, -0.05) is 0 Å². The molecule has 0 bridgehead atoms. The van der Waals surface area contributed by atoms with Gasteiger partial charge < -0.3 is 19.9 Å². The fourth-order valence-electron chi connectivity index (χ4n) is 3.92. The minimum Gasteiger partial charge on any atom is -0.365 e. The van der Waals surface area contributed by atoms with Crippen molar-refractivity contribution in [1.82, 2.24) is 25.2 Å². The quantitative estimate of drug-likeness (QED) is 0.470. The number of carbonyl (C=O) groups excluding carboxylic acids is 2. The number of benzene rings is 2. The minimum atomic E-state index is -0.734. The summed E-state index contributed by atoms with van der Waals surface area (Å²) in [6.45, 7) is 3.19. The number of hydrogen-bond acceptors (Lipinski definition) is 6. The van der Waals surface area contributed by atoms with E-state index in [-0.39, 0.29) is 24.2 Å². The molecular weight excluding hydrogens is 445 g/mol. The predicted molar refractivity (Wildman–Crippen MR) is 123 cm³/mol. The summed E-state index contributed by atoms with van der Waals surface area (Å²) in [5.41, 5.74) is 2.75. The van der Waals surface area contributed by atoms with Gasteiger partial charge in [0.2, 0.25) is 0 Å². The zero-order valence-corrected chi connectivity index (χ0v) is 18.7. The van der Waals surface area contributed by atoms with Crippen molar-refractivity contribution < 1.29 is 18.7 Å². The van der Waals surface area contributed by atoms with Crippen LogP contribution < -0.4 is 5.32 Å². The molecule has 3 heterocycles. The highest BCUT2D eigenvalue weighted by Gasteiger charge is 2.29. The number of nitrogens with one attached hydrogen (secondary N) is 2. The molecule has 2 amide bonds. The first-order chi connectivity index (χ1) is 16.0. The van der Waals surface area contributed by atoms with Gasteiger partial charge in [-0.25, -0.2) is 14.4 Å². The lowest BCUT2D eigenvalue weighted by atomic mass is 10.1. The molecule has 0 radical (unpaired) electrons. The van der Waals surface area contributed by atoms with Crippen LogP contribution in [0.1, 0.15) is 21.2 Å². The van der Waals surface area contributed by atoms with Crippen LogP contribution in [-0.4, -0.2) is 64.0 Å². The number of nitrogens with zero attached hydrogens (tertiary/aromatic N) is 3. The van der Waals surface area contributed by atoms with E-state index in [9.17, 15) is 14.0 Å². The van der Waals surface area contributed by atoms with Crippen LogP contribution in [0.4, 0.5) is 4.39 Å². The maximum atomic E-state index is 13.3. The molecule has 1 fully saturated rings. The SMILES string of the molecule is Cc1nc2ccc(C(=O)N3CCOC(C(=O)NCCc4nc5ccc(F)cc5[nH]4)C3)cc2s1. The monoisotopic (exact) mass is 467 g/mol. The van der Waals surface area contributed by atoms with Gasteiger partial charge >= 0.3 is 0 Å². The summed E-state index contributed by atoms with van der Waals surface area (Å²) in [5.74, 6) is -0.0747. The van der Waals surface area contributed by atoms with E-state index >= 15 is 0 Å². The highest BCUT2D eigenvalue weighted by Crippen LogP contribution is 2.23. The van der Waals surface area contributed by atoms with E-state index in [1.54, 1.807) is 28.4 Å². The van der Waals surface area contributed by atoms with Crippen LogP contribution in [0.3, 0.4) is 0 Å². The Labute approximate surface area is 192 Å². The minimum absolute atomic E-state index is 0.126. The number of amides is 2. The van der Waals surface area contributed by atoms with Crippen molar-refractivity contribution in [3.8, 4) is 0 Å². The third kappa shape index (κ3) is 4.57. The smallest absolute Gasteiger partial charge is 0.254 e. The average molecular weight is 468 g/mol. The molecule has 1 saturated heterocycles. The van der Waals surface area contributed by atoms with Gasteiger partial charge in [0.1, 0.15) is 11.6 Å². The van der Waals surface area contributed by atoms with Gasteiger partial charge in [-0.15, -0.1) is 11.3 Å². The van der Waals surface area contributed by atoms with E-state index in [1.807, 2.05) is 19.1 Å². The fourth-order valence-corrected chi connectivity index (χ4v) is 4.79. The number of thiazole rings is 1. The molecule has 5 rings (SSSR count). The third-order valence-corrected chi connectivity index (χ3v) is 6.48. The number of halogens is 1. The first-order valence-corrected chi connectivity index (χ1v) is 11.5. The molecular formula is C23H22FN5O3S. The van der Waals surface area contributed by atoms with Gasteiger partial charge in [-0.05, 0) is 43.3 Å². The lowest BCUT2D eigenvalue weighted by Gasteiger charge is -2.32. The van der Waals surface area contributed by atoms with Crippen molar-refractivity contribution in [3.05, 3.63) is 58.6 Å². The number of hydrogen-bond donors (Lipinski definition) is 2. The molecule has 170 valence electrons. The Morgan fingerprint density at radius 3 is 2.97 bits per heavy atom. The van der Waals surface area contributed by atoms with Gasteiger partial charge in [0, 0.05) is 25.1 Å². The summed E-state index contributed by atoms with van der Waals surface area (Å²) in [6.07, 6.45) is -0.270. The summed E-state index contributed by atoms with van der Waals surface area (Å²) in [4.78, 5) is 39.2. The van der Waals surface area contributed by atoms with E-state index in [1.165, 1.54) is 12.1 Å². The zero-order valence-electron chi connectivity index (χ0n) is 17.9. The highest BCUT2D eigenvalue weighted by atomic mass is 32.1. The Morgan fingerprint density at radius 2 is 2.09 bits per heavy atom. The number of imidazole rings is 1. The molecule has 1 atom stereocenters. The Morgan fingerprint density at radius 1 is 1.24 bits per heavy atom. The highest BCUT2D eigenvalue weighted by molar-refractivity contribution is 7.18. The zero-order chi connectivity index (χ0) is 22.9. The second-order valence-electron chi connectivity index (χ2n) is 7.91. The molecule has 0 spiro atoms. The molecule has 1 aliphatic heterocycles. The second kappa shape index (κ2) is 8.87. The van der Waals surface area contributed by atoms with Gasteiger partial charge in [-0.3, -0.25) is 9.59 Å². The van der Waals surface area contributed by atoms with Crippen molar-refractivity contribution in [2.45, 2.75) is 19.4 Å². The van der Waals surface area contributed by atoms with Crippen LogP contribution >= 0.6 is 11.3 Å². The normalized spacial score (nSPS) is 16.4. The number of aromatic amines is 1. The van der Waals surface area contributed by atoms with E-state index in [0.717, 1.165) is 15.2 Å². The van der Waals surface area contributed by atoms with E-state index in [2.05, 4.69) is 20.3 Å². The summed E-state index contributed by atoms with van der Waals surface area (Å²) in [5, 5.41) is 3.79. The van der Waals surface area contributed by atoms with Crippen LogP contribution in [0.2, 0.25) is 0 Å². The molecule has 0 saturated carbocycles. The number of carbonyl (C=O) groups is 2. The maximum Gasteiger partial charge on any atom is 0.254 e. The van der Waals surface area contributed by atoms with Crippen molar-refractivity contribution >= 4 is 44.4 Å². The summed E-state index contributed by atoms with van der Waals surface area (Å²) >= 11 is 1.55. The first kappa shape index (κ1) is 21.5. The van der Waals surface area contributed by atoms with Crippen LogP contribution in [0.25, 0.3) is 21.3 Å². The number of fused-ring (bicyclic) bond motifs is 2. The van der Waals surface area contributed by atoms with Crippen molar-refractivity contribution in [3.63, 3.8) is 0 Å². The predicted octanol–water partition coefficient (Wildman–Crippen LogP) is 2.82. The summed E-state index contributed by atoms with van der Waals surface area (Å²) in [7, 11) is 0. The van der Waals surface area contributed by atoms with Gasteiger partial charge in [0.15, 0.2) is 6.10 Å². The molecule has 0 aliphatic carbocycles. The Hall–Kier alpha value is -3.37. The maximum absolute atomic E-state index is 13.3. The first-order valence-electron chi connectivity index (χ1n) is 10.7. The largest absolute Gasteiger partial charge is 0.365 e. The molecule has 4 aromatic rings. The van der Waals surface area contributed by atoms with Crippen LogP contribution in [0.15, 0.2) is 36.4 Å². The second-order valence-corrected chi connectivity index (χ2v) is 9.15. The van der Waals surface area contributed by atoms with Crippen molar-refractivity contribution in [2.75, 3.05) is 26.2 Å². The van der Waals surface area contributed by atoms with Crippen LogP contribution in [-0.2, 0) is 16.0 Å². The summed E-state index contributed by atoms with van der Waals surface area (Å²) in [6, 6.07) is 9.83. The molecule has 2 aromatic carbocycles. The van der Waals surface area contributed by atoms with Gasteiger partial charge in [0.05, 0.1) is 39.4 Å². The molecule has 33 heavy (non-hydrogen) atoms. The van der Waals surface area contributed by atoms with Crippen LogP contribution in [0, 0.1) is 12.7 Å². The van der Waals surface area contributed by atoms with Crippen LogP contribution in [0.5, 0.6) is 0 Å². The van der Waals surface area contributed by atoms with E-state index < -0.39 is 6.10 Å². The average Bonchev–Trinajstić information content (AvgIpc) is 3.39. The number of aromatic nitrogens is 3. The lowest BCUT2D eigenvalue weighted by molar-refractivity contribution is -0.137. The van der Waals surface area contributed by atoms with E-state index in [4.69, 9.17) is 4.74 Å². The molecule has 2 aromatic heterocycles. The topological polar surface area (TPSA) is 100 Å². The number of ether oxygens (including phenoxy) is 1. The van der Waals surface area contributed by atoms with Gasteiger partial charge in [0.25, 0.3) is 11.8 Å². The molecule has 1 aliphatic rings. The molecule has 10 heteroatoms.